The molecule has 0 saturated heterocycles. The first kappa shape index (κ1) is 33.8. The van der Waals surface area contributed by atoms with Crippen molar-refractivity contribution in [2.75, 3.05) is 0 Å². The van der Waals surface area contributed by atoms with E-state index in [4.69, 9.17) is 4.74 Å². The number of rotatable bonds is 10. The van der Waals surface area contributed by atoms with Gasteiger partial charge in [-0.15, -0.1) is 0 Å². The van der Waals surface area contributed by atoms with Gasteiger partial charge in [-0.3, -0.25) is 4.98 Å². The number of ether oxygens (including phenoxy) is 1. The van der Waals surface area contributed by atoms with Crippen LogP contribution in [0.15, 0.2) is 107 Å². The van der Waals surface area contributed by atoms with Gasteiger partial charge in [0.2, 0.25) is 10.0 Å². The van der Waals surface area contributed by atoms with Crippen LogP contribution in [0, 0.1) is 0 Å². The Morgan fingerprint density at radius 3 is 1.91 bits per heavy atom. The molecular weight excluding hydrogens is 662 g/mol. The molecule has 1 fully saturated rings. The Morgan fingerprint density at radius 2 is 1.37 bits per heavy atom. The second-order valence-electron chi connectivity index (χ2n) is 12.9. The van der Waals surface area contributed by atoms with Crippen LogP contribution in [-0.2, 0) is 34.4 Å². The van der Waals surface area contributed by atoms with Crippen LogP contribution in [0.2, 0.25) is 0 Å². The Labute approximate surface area is 281 Å². The van der Waals surface area contributed by atoms with Gasteiger partial charge >= 0.3 is 6.09 Å². The van der Waals surface area contributed by atoms with Crippen molar-refractivity contribution in [3.63, 3.8) is 0 Å². The zero-order valence-corrected chi connectivity index (χ0v) is 29.1. The summed E-state index contributed by atoms with van der Waals surface area (Å²) in [4.78, 5) is 19.5. The average Bonchev–Trinajstić information content (AvgIpc) is 3.04. The summed E-state index contributed by atoms with van der Waals surface area (Å²) < 4.78 is 35.5. The highest BCUT2D eigenvalue weighted by Crippen LogP contribution is 2.28. The third-order valence-electron chi connectivity index (χ3n) is 8.13. The summed E-state index contributed by atoms with van der Waals surface area (Å²) >= 11 is 3.39. The van der Waals surface area contributed by atoms with Crippen LogP contribution in [-0.4, -0.2) is 40.3 Å². The van der Waals surface area contributed by atoms with Gasteiger partial charge in [0.1, 0.15) is 5.60 Å². The standard InChI is InChI=1S/C37H42BrN3O4S/c1-37(2,3)45-36(42)41(34-9-5-4-6-10-34)27-29-13-17-32(18-14-29)31-15-11-28(12-16-31)25-40(26-30-8-7-23-39-24-30)46(43,44)35-21-19-33(38)20-22-35/h7-8,11-24,34H,4-6,9-10,25-27H2,1-3H3. The molecule has 1 amide bonds. The maximum absolute atomic E-state index is 13.7. The van der Waals surface area contributed by atoms with Crippen molar-refractivity contribution in [1.29, 1.82) is 0 Å². The molecule has 46 heavy (non-hydrogen) atoms. The molecule has 1 saturated carbocycles. The zero-order valence-electron chi connectivity index (χ0n) is 26.7. The number of aromatic nitrogens is 1. The zero-order chi connectivity index (χ0) is 32.7. The molecule has 0 aliphatic heterocycles. The van der Waals surface area contributed by atoms with Gasteiger partial charge in [-0.05, 0) is 91.8 Å². The van der Waals surface area contributed by atoms with Crippen molar-refractivity contribution in [2.24, 2.45) is 0 Å². The van der Waals surface area contributed by atoms with Gasteiger partial charge in [-0.1, -0.05) is 89.8 Å². The smallest absolute Gasteiger partial charge is 0.410 e. The molecule has 242 valence electrons. The maximum atomic E-state index is 13.7. The molecule has 0 unspecified atom stereocenters. The first-order chi connectivity index (χ1) is 22.0. The highest BCUT2D eigenvalue weighted by molar-refractivity contribution is 9.10. The molecule has 1 aliphatic carbocycles. The monoisotopic (exact) mass is 703 g/mol. The molecule has 1 aromatic heterocycles. The number of carbonyl (C=O) groups excluding carboxylic acids is 1. The van der Waals surface area contributed by atoms with Crippen molar-refractivity contribution in [2.45, 2.75) is 89.0 Å². The third-order valence-corrected chi connectivity index (χ3v) is 10.5. The van der Waals surface area contributed by atoms with Crippen molar-refractivity contribution in [3.05, 3.63) is 118 Å². The van der Waals surface area contributed by atoms with Crippen molar-refractivity contribution < 1.29 is 17.9 Å². The average molecular weight is 705 g/mol. The predicted molar refractivity (Wildman–Crippen MR) is 185 cm³/mol. The van der Waals surface area contributed by atoms with E-state index in [1.165, 1.54) is 10.7 Å². The summed E-state index contributed by atoms with van der Waals surface area (Å²) in [5, 5.41) is 0. The van der Waals surface area contributed by atoms with E-state index < -0.39 is 15.6 Å². The fourth-order valence-electron chi connectivity index (χ4n) is 5.74. The van der Waals surface area contributed by atoms with Crippen molar-refractivity contribution in [1.82, 2.24) is 14.2 Å². The summed E-state index contributed by atoms with van der Waals surface area (Å²) in [6.45, 7) is 6.65. The Kier molecular flexibility index (Phi) is 11.0. The minimum atomic E-state index is -3.77. The number of nitrogens with zero attached hydrogens (tertiary/aromatic N) is 3. The van der Waals surface area contributed by atoms with Gasteiger partial charge in [-0.25, -0.2) is 13.2 Å². The molecule has 5 rings (SSSR count). The lowest BCUT2D eigenvalue weighted by Gasteiger charge is -2.35. The Bertz CT molecular complexity index is 1680. The predicted octanol–water partition coefficient (Wildman–Crippen LogP) is 8.97. The molecule has 9 heteroatoms. The fraction of sp³-hybridized carbons (Fsp3) is 0.351. The highest BCUT2D eigenvalue weighted by Gasteiger charge is 2.30. The summed E-state index contributed by atoms with van der Waals surface area (Å²) in [5.41, 5.74) is 4.28. The molecule has 0 N–H and O–H groups in total. The van der Waals surface area contributed by atoms with Gasteiger partial charge < -0.3 is 9.64 Å². The first-order valence-corrected chi connectivity index (χ1v) is 18.0. The van der Waals surface area contributed by atoms with E-state index in [0.29, 0.717) is 6.54 Å². The van der Waals surface area contributed by atoms with Crippen LogP contribution in [0.5, 0.6) is 0 Å². The minimum absolute atomic E-state index is 0.195. The summed E-state index contributed by atoms with van der Waals surface area (Å²) in [7, 11) is -3.77. The van der Waals surface area contributed by atoms with E-state index in [2.05, 4.69) is 45.2 Å². The number of amides is 1. The van der Waals surface area contributed by atoms with Crippen LogP contribution in [0.4, 0.5) is 4.79 Å². The van der Waals surface area contributed by atoms with E-state index >= 15 is 0 Å². The number of benzene rings is 3. The SMILES string of the molecule is CC(C)(C)OC(=O)N(Cc1ccc(-c2ccc(CN(Cc3cccnc3)S(=O)(=O)c3ccc(Br)cc3)cc2)cc1)C1CCCCC1. The van der Waals surface area contributed by atoms with E-state index in [-0.39, 0.29) is 30.1 Å². The summed E-state index contributed by atoms with van der Waals surface area (Å²) in [5.74, 6) is 0. The number of halogens is 1. The van der Waals surface area contributed by atoms with E-state index in [9.17, 15) is 13.2 Å². The lowest BCUT2D eigenvalue weighted by molar-refractivity contribution is 0.00988. The number of carbonyl (C=O) groups is 1. The van der Waals surface area contributed by atoms with E-state index in [1.807, 2.05) is 62.1 Å². The third kappa shape index (κ3) is 9.05. The minimum Gasteiger partial charge on any atom is -0.444 e. The van der Waals surface area contributed by atoms with Gasteiger partial charge in [0.25, 0.3) is 0 Å². The topological polar surface area (TPSA) is 79.8 Å². The Hall–Kier alpha value is -3.53. The van der Waals surface area contributed by atoms with Gasteiger partial charge in [-0.2, -0.15) is 4.31 Å². The second kappa shape index (κ2) is 14.9. The van der Waals surface area contributed by atoms with Gasteiger partial charge in [0.05, 0.1) is 4.90 Å². The van der Waals surface area contributed by atoms with Crippen LogP contribution < -0.4 is 0 Å². The molecule has 1 heterocycles. The highest BCUT2D eigenvalue weighted by atomic mass is 79.9. The van der Waals surface area contributed by atoms with Crippen molar-refractivity contribution >= 4 is 32.0 Å². The molecular formula is C37H42BrN3O4S. The Balaban J connectivity index is 1.31. The number of sulfonamides is 1. The molecule has 1 aliphatic rings. The molecule has 0 spiro atoms. The number of hydrogen-bond donors (Lipinski definition) is 0. The number of hydrogen-bond acceptors (Lipinski definition) is 5. The maximum Gasteiger partial charge on any atom is 0.410 e. The quantitative estimate of drug-likeness (QED) is 0.165. The van der Waals surface area contributed by atoms with Gasteiger partial charge in [0.15, 0.2) is 0 Å². The lowest BCUT2D eigenvalue weighted by Crippen LogP contribution is -2.43. The van der Waals surface area contributed by atoms with Crippen molar-refractivity contribution in [3.8, 4) is 11.1 Å². The normalized spacial score (nSPS) is 14.3. The fourth-order valence-corrected chi connectivity index (χ4v) is 7.42. The molecule has 0 radical (unpaired) electrons. The van der Waals surface area contributed by atoms with Crippen LogP contribution in [0.1, 0.15) is 69.6 Å². The largest absolute Gasteiger partial charge is 0.444 e. The summed E-state index contributed by atoms with van der Waals surface area (Å²) in [6, 6.07) is 26.9. The molecule has 0 bridgehead atoms. The molecule has 7 nitrogen and oxygen atoms in total. The summed E-state index contributed by atoms with van der Waals surface area (Å²) in [6.07, 6.45) is 8.62. The van der Waals surface area contributed by atoms with Crippen LogP contribution in [0.3, 0.4) is 0 Å². The van der Waals surface area contributed by atoms with Crippen LogP contribution in [0.25, 0.3) is 11.1 Å². The molecule has 3 aromatic carbocycles. The number of pyridine rings is 1. The Morgan fingerprint density at radius 1 is 0.804 bits per heavy atom. The van der Waals surface area contributed by atoms with E-state index in [1.54, 1.807) is 36.7 Å². The van der Waals surface area contributed by atoms with Gasteiger partial charge in [0, 0.05) is 42.5 Å². The van der Waals surface area contributed by atoms with Crippen LogP contribution >= 0.6 is 15.9 Å². The first-order valence-electron chi connectivity index (χ1n) is 15.8. The molecule has 0 atom stereocenters. The second-order valence-corrected chi connectivity index (χ2v) is 15.7. The van der Waals surface area contributed by atoms with E-state index in [0.717, 1.165) is 58.0 Å². The lowest BCUT2D eigenvalue weighted by atomic mass is 9.94. The molecule has 4 aromatic rings.